The molecule has 7 heteroatoms. The number of nitriles is 1. The number of carbonyl (C=O) groups excluding carboxylic acids is 1. The smallest absolute Gasteiger partial charge is 0.266 e. The number of nitrogens with one attached hydrogen (secondary N) is 1. The number of hydrogen-bond acceptors (Lipinski definition) is 5. The Hall–Kier alpha value is -4.28. The van der Waals surface area contributed by atoms with Crippen molar-refractivity contribution in [1.82, 2.24) is 0 Å². The molecule has 0 aromatic heterocycles. The predicted octanol–water partition coefficient (Wildman–Crippen LogP) is 7.13. The summed E-state index contributed by atoms with van der Waals surface area (Å²) in [4.78, 5) is 12.8. The highest BCUT2D eigenvalue weighted by Crippen LogP contribution is 2.35. The third-order valence-electron chi connectivity index (χ3n) is 5.63. The van der Waals surface area contributed by atoms with Gasteiger partial charge in [-0.25, -0.2) is 0 Å². The maximum Gasteiger partial charge on any atom is 0.266 e. The molecule has 0 atom stereocenters. The van der Waals surface area contributed by atoms with E-state index < -0.39 is 5.91 Å². The second-order valence-electron chi connectivity index (χ2n) is 8.03. The van der Waals surface area contributed by atoms with Gasteiger partial charge in [-0.05, 0) is 71.3 Å². The Bertz CT molecular complexity index is 1480. The first-order valence-corrected chi connectivity index (χ1v) is 12.4. The summed E-state index contributed by atoms with van der Waals surface area (Å²) in [5.41, 5.74) is 2.16. The summed E-state index contributed by atoms with van der Waals surface area (Å²) in [5, 5.41) is 14.7. The molecule has 37 heavy (non-hydrogen) atoms. The largest absolute Gasteiger partial charge is 0.494 e. The van der Waals surface area contributed by atoms with Gasteiger partial charge >= 0.3 is 0 Å². The second kappa shape index (κ2) is 12.1. The number of amides is 1. The SMILES string of the molecule is CCOc1ccc(NC(=O)C(C#N)=Cc2cc(OC)c(OCc3cccc4ccccc34)cc2Br)cc1. The number of nitrogens with zero attached hydrogens (tertiary/aromatic N) is 1. The number of fused-ring (bicyclic) bond motifs is 1. The maximum atomic E-state index is 12.8. The first kappa shape index (κ1) is 25.8. The normalized spacial score (nSPS) is 11.0. The summed E-state index contributed by atoms with van der Waals surface area (Å²) in [7, 11) is 1.55. The van der Waals surface area contributed by atoms with Crippen LogP contribution in [0, 0.1) is 11.3 Å². The molecule has 0 radical (unpaired) electrons. The van der Waals surface area contributed by atoms with E-state index >= 15 is 0 Å². The highest BCUT2D eigenvalue weighted by Gasteiger charge is 2.14. The van der Waals surface area contributed by atoms with Gasteiger partial charge in [-0.1, -0.05) is 58.4 Å². The molecular formula is C30H25BrN2O4. The Labute approximate surface area is 224 Å². The van der Waals surface area contributed by atoms with Crippen molar-refractivity contribution in [3.8, 4) is 23.3 Å². The number of anilines is 1. The number of methoxy groups -OCH3 is 1. The van der Waals surface area contributed by atoms with Gasteiger partial charge < -0.3 is 19.5 Å². The average Bonchev–Trinajstić information content (AvgIpc) is 2.92. The van der Waals surface area contributed by atoms with E-state index in [9.17, 15) is 10.1 Å². The van der Waals surface area contributed by atoms with Gasteiger partial charge in [0.1, 0.15) is 24.0 Å². The molecule has 0 aliphatic carbocycles. The van der Waals surface area contributed by atoms with Gasteiger partial charge in [0.2, 0.25) is 0 Å². The topological polar surface area (TPSA) is 80.6 Å². The molecule has 0 saturated heterocycles. The van der Waals surface area contributed by atoms with Crippen molar-refractivity contribution in [1.29, 1.82) is 5.26 Å². The van der Waals surface area contributed by atoms with Gasteiger partial charge in [-0.2, -0.15) is 5.26 Å². The van der Waals surface area contributed by atoms with Crippen LogP contribution < -0.4 is 19.5 Å². The van der Waals surface area contributed by atoms with Crippen molar-refractivity contribution in [3.63, 3.8) is 0 Å². The molecule has 0 bridgehead atoms. The zero-order chi connectivity index (χ0) is 26.2. The van der Waals surface area contributed by atoms with E-state index in [4.69, 9.17) is 14.2 Å². The molecule has 4 aromatic rings. The van der Waals surface area contributed by atoms with Gasteiger partial charge in [-0.15, -0.1) is 0 Å². The molecule has 0 spiro atoms. The third-order valence-corrected chi connectivity index (χ3v) is 6.32. The molecule has 0 aliphatic rings. The van der Waals surface area contributed by atoms with Crippen LogP contribution in [0.4, 0.5) is 5.69 Å². The minimum absolute atomic E-state index is 0.0546. The lowest BCUT2D eigenvalue weighted by Gasteiger charge is -2.14. The fourth-order valence-electron chi connectivity index (χ4n) is 3.81. The molecule has 4 aromatic carbocycles. The number of rotatable bonds is 9. The fraction of sp³-hybridized carbons (Fsp3) is 0.133. The minimum atomic E-state index is -0.520. The van der Waals surface area contributed by atoms with Crippen molar-refractivity contribution in [2.75, 3.05) is 19.0 Å². The summed E-state index contributed by atoms with van der Waals surface area (Å²) >= 11 is 3.54. The van der Waals surface area contributed by atoms with Crippen molar-refractivity contribution < 1.29 is 19.0 Å². The molecule has 0 aliphatic heterocycles. The molecule has 0 fully saturated rings. The molecule has 1 N–H and O–H groups in total. The number of benzene rings is 4. The van der Waals surface area contributed by atoms with Crippen LogP contribution in [0.3, 0.4) is 0 Å². The van der Waals surface area contributed by atoms with Crippen molar-refractivity contribution >= 4 is 44.4 Å². The van der Waals surface area contributed by atoms with Crippen molar-refractivity contribution in [2.45, 2.75) is 13.5 Å². The maximum absolute atomic E-state index is 12.8. The van der Waals surface area contributed by atoms with E-state index in [1.54, 1.807) is 43.5 Å². The highest BCUT2D eigenvalue weighted by atomic mass is 79.9. The molecular weight excluding hydrogens is 532 g/mol. The molecule has 0 saturated carbocycles. The van der Waals surface area contributed by atoms with Crippen molar-refractivity contribution in [2.24, 2.45) is 0 Å². The van der Waals surface area contributed by atoms with Crippen molar-refractivity contribution in [3.05, 3.63) is 100 Å². The van der Waals surface area contributed by atoms with Crippen LogP contribution in [0.2, 0.25) is 0 Å². The standard InChI is InChI=1S/C30H25BrN2O4/c1-3-36-25-13-11-24(12-14-25)33-30(34)23(18-32)15-22-16-28(35-2)29(17-27(22)31)37-19-21-9-6-8-20-7-4-5-10-26(20)21/h4-17H,3,19H2,1-2H3,(H,33,34). The van der Waals surface area contributed by atoms with E-state index in [1.165, 1.54) is 6.08 Å². The predicted molar refractivity (Wildman–Crippen MR) is 149 cm³/mol. The van der Waals surface area contributed by atoms with E-state index in [1.807, 2.05) is 37.3 Å². The summed E-state index contributed by atoms with van der Waals surface area (Å²) in [6.45, 7) is 2.81. The fourth-order valence-corrected chi connectivity index (χ4v) is 4.25. The first-order chi connectivity index (χ1) is 18.0. The number of hydrogen-bond donors (Lipinski definition) is 1. The van der Waals surface area contributed by atoms with Crippen LogP contribution in [0.15, 0.2) is 88.9 Å². The molecule has 1 amide bonds. The molecule has 0 unspecified atom stereocenters. The van der Waals surface area contributed by atoms with E-state index in [0.717, 1.165) is 16.3 Å². The lowest BCUT2D eigenvalue weighted by atomic mass is 10.1. The van der Waals surface area contributed by atoms with Gasteiger partial charge in [0.15, 0.2) is 11.5 Å². The summed E-state index contributed by atoms with van der Waals surface area (Å²) in [6.07, 6.45) is 1.50. The highest BCUT2D eigenvalue weighted by molar-refractivity contribution is 9.10. The average molecular weight is 557 g/mol. The van der Waals surface area contributed by atoms with Crippen LogP contribution in [0.5, 0.6) is 17.2 Å². The van der Waals surface area contributed by atoms with Crippen LogP contribution in [-0.2, 0) is 11.4 Å². The molecule has 6 nitrogen and oxygen atoms in total. The van der Waals surface area contributed by atoms with Crippen LogP contribution in [0.25, 0.3) is 16.8 Å². The van der Waals surface area contributed by atoms with E-state index in [-0.39, 0.29) is 5.57 Å². The number of carbonyl (C=O) groups is 1. The third kappa shape index (κ3) is 6.29. The van der Waals surface area contributed by atoms with Gasteiger partial charge in [0.25, 0.3) is 5.91 Å². The summed E-state index contributed by atoms with van der Waals surface area (Å²) in [6, 6.07) is 26.7. The Balaban J connectivity index is 1.53. The zero-order valence-corrected chi connectivity index (χ0v) is 22.0. The molecule has 0 heterocycles. The Morgan fingerprint density at radius 2 is 1.76 bits per heavy atom. The van der Waals surface area contributed by atoms with Crippen LogP contribution in [-0.4, -0.2) is 19.6 Å². The minimum Gasteiger partial charge on any atom is -0.494 e. The first-order valence-electron chi connectivity index (χ1n) is 11.7. The van der Waals surface area contributed by atoms with E-state index in [0.29, 0.717) is 46.2 Å². The van der Waals surface area contributed by atoms with E-state index in [2.05, 4.69) is 39.4 Å². The Kier molecular flexibility index (Phi) is 8.44. The van der Waals surface area contributed by atoms with Gasteiger partial charge in [-0.3, -0.25) is 4.79 Å². The van der Waals surface area contributed by atoms with Crippen LogP contribution in [0.1, 0.15) is 18.1 Å². The zero-order valence-electron chi connectivity index (χ0n) is 20.5. The molecule has 186 valence electrons. The Morgan fingerprint density at radius 1 is 1.00 bits per heavy atom. The quantitative estimate of drug-likeness (QED) is 0.175. The van der Waals surface area contributed by atoms with Gasteiger partial charge in [0.05, 0.1) is 13.7 Å². The number of ether oxygens (including phenoxy) is 3. The number of halogens is 1. The Morgan fingerprint density at radius 3 is 2.49 bits per heavy atom. The summed E-state index contributed by atoms with van der Waals surface area (Å²) in [5.74, 6) is 1.21. The van der Waals surface area contributed by atoms with Crippen LogP contribution >= 0.6 is 15.9 Å². The van der Waals surface area contributed by atoms with Gasteiger partial charge in [0, 0.05) is 10.2 Å². The second-order valence-corrected chi connectivity index (χ2v) is 8.89. The lowest BCUT2D eigenvalue weighted by Crippen LogP contribution is -2.13. The lowest BCUT2D eigenvalue weighted by molar-refractivity contribution is -0.112. The molecule has 4 rings (SSSR count). The monoisotopic (exact) mass is 556 g/mol. The summed E-state index contributed by atoms with van der Waals surface area (Å²) < 4.78 is 17.7.